The van der Waals surface area contributed by atoms with Crippen LogP contribution in [0.2, 0.25) is 0 Å². The first-order valence-corrected chi connectivity index (χ1v) is 10.1. The van der Waals surface area contributed by atoms with E-state index in [1.54, 1.807) is 6.08 Å². The van der Waals surface area contributed by atoms with Crippen molar-refractivity contribution in [2.75, 3.05) is 0 Å². The molecule has 6 heteroatoms. The van der Waals surface area contributed by atoms with Crippen LogP contribution in [-0.2, 0) is 11.2 Å². The lowest BCUT2D eigenvalue weighted by atomic mass is 10.2. The van der Waals surface area contributed by atoms with Gasteiger partial charge in [0, 0.05) is 11.3 Å². The zero-order valence-electron chi connectivity index (χ0n) is 17.7. The molecule has 1 heterocycles. The molecule has 0 saturated heterocycles. The molecule has 1 unspecified atom stereocenters. The number of carbonyl (C=O) groups is 1. The smallest absolute Gasteiger partial charge is 0.336 e. The predicted molar refractivity (Wildman–Crippen MR) is 117 cm³/mol. The molecule has 0 aliphatic rings. The third kappa shape index (κ3) is 10.6. The van der Waals surface area contributed by atoms with Crippen molar-refractivity contribution in [1.82, 2.24) is 9.97 Å². The standard InChI is InChI=1S/C16H22N2O3S.C3H6.C2H6/c1-6-9-12-14(20)17-16(22-11(5)10(4)7-2)18-15(12)21-13(19)8-3;1-3-2;1-2/h7-8,11H,3,6,9H2,1-2,4-5H3,(H,17,18,20);3H,1H2,2H3;1-2H3/b10-7+;;. The molecule has 1 rings (SSSR count). The van der Waals surface area contributed by atoms with Crippen molar-refractivity contribution in [3.8, 4) is 5.88 Å². The third-order valence-electron chi connectivity index (χ3n) is 3.20. The quantitative estimate of drug-likeness (QED) is 0.218. The lowest BCUT2D eigenvalue weighted by Gasteiger charge is -2.13. The molecule has 5 nitrogen and oxygen atoms in total. The highest BCUT2D eigenvalue weighted by atomic mass is 32.2. The number of nitrogens with one attached hydrogen (secondary N) is 1. The SMILES string of the molecule is C=CC.C=CC(=O)Oc1nc(SC(C)/C(C)=C/C)[nH]c(=O)c1CCC.CC. The van der Waals surface area contributed by atoms with Gasteiger partial charge in [0.2, 0.25) is 5.88 Å². The fourth-order valence-electron chi connectivity index (χ4n) is 1.70. The molecule has 27 heavy (non-hydrogen) atoms. The fraction of sp³-hybridized carbons (Fsp3) is 0.476. The summed E-state index contributed by atoms with van der Waals surface area (Å²) in [6, 6.07) is 0. The minimum absolute atomic E-state index is 0.0725. The highest BCUT2D eigenvalue weighted by Gasteiger charge is 2.16. The van der Waals surface area contributed by atoms with Gasteiger partial charge in [0.25, 0.3) is 5.56 Å². The molecular weight excluding hydrogens is 360 g/mol. The molecule has 0 amide bonds. The maximum Gasteiger partial charge on any atom is 0.336 e. The summed E-state index contributed by atoms with van der Waals surface area (Å²) in [7, 11) is 0. The van der Waals surface area contributed by atoms with Crippen molar-refractivity contribution in [3.05, 3.63) is 52.9 Å². The normalized spacial score (nSPS) is 11.1. The molecule has 0 bridgehead atoms. The van der Waals surface area contributed by atoms with E-state index in [0.717, 1.165) is 12.5 Å². The summed E-state index contributed by atoms with van der Waals surface area (Å²) in [5.41, 5.74) is 1.30. The van der Waals surface area contributed by atoms with Crippen LogP contribution in [0.1, 0.15) is 60.5 Å². The number of aromatic nitrogens is 2. The first-order chi connectivity index (χ1) is 12.8. The van der Waals surface area contributed by atoms with Crippen LogP contribution in [0.4, 0.5) is 0 Å². The molecule has 0 aliphatic heterocycles. The largest absolute Gasteiger partial charge is 0.404 e. The zero-order valence-corrected chi connectivity index (χ0v) is 18.5. The summed E-state index contributed by atoms with van der Waals surface area (Å²) >= 11 is 1.41. The molecule has 0 fully saturated rings. The second kappa shape index (κ2) is 16.1. The van der Waals surface area contributed by atoms with Gasteiger partial charge in [-0.25, -0.2) is 4.79 Å². The van der Waals surface area contributed by atoms with Gasteiger partial charge < -0.3 is 9.72 Å². The molecule has 1 atom stereocenters. The lowest BCUT2D eigenvalue weighted by Crippen LogP contribution is -2.19. The Morgan fingerprint density at radius 1 is 1.33 bits per heavy atom. The maximum absolute atomic E-state index is 12.2. The molecule has 0 aromatic carbocycles. The maximum atomic E-state index is 12.2. The number of nitrogens with zero attached hydrogens (tertiary/aromatic N) is 1. The van der Waals surface area contributed by atoms with Crippen LogP contribution in [0, 0.1) is 0 Å². The van der Waals surface area contributed by atoms with Gasteiger partial charge >= 0.3 is 5.97 Å². The van der Waals surface area contributed by atoms with E-state index in [9.17, 15) is 9.59 Å². The van der Waals surface area contributed by atoms with E-state index in [2.05, 4.69) is 23.1 Å². The highest BCUT2D eigenvalue weighted by molar-refractivity contribution is 7.99. The van der Waals surface area contributed by atoms with Crippen molar-refractivity contribution in [3.63, 3.8) is 0 Å². The van der Waals surface area contributed by atoms with Crippen LogP contribution in [0.15, 0.2) is 46.9 Å². The highest BCUT2D eigenvalue weighted by Crippen LogP contribution is 2.26. The summed E-state index contributed by atoms with van der Waals surface area (Å²) in [5.74, 6) is -0.549. The number of hydrogen-bond acceptors (Lipinski definition) is 5. The van der Waals surface area contributed by atoms with Gasteiger partial charge in [-0.3, -0.25) is 4.79 Å². The number of hydrogen-bond donors (Lipinski definition) is 1. The first-order valence-electron chi connectivity index (χ1n) is 9.18. The second-order valence-corrected chi connectivity index (χ2v) is 6.56. The van der Waals surface area contributed by atoms with E-state index in [4.69, 9.17) is 4.74 Å². The second-order valence-electron chi connectivity index (χ2n) is 5.23. The van der Waals surface area contributed by atoms with Crippen LogP contribution < -0.4 is 10.3 Å². The Morgan fingerprint density at radius 3 is 2.33 bits per heavy atom. The monoisotopic (exact) mass is 394 g/mol. The van der Waals surface area contributed by atoms with Crippen LogP contribution in [0.25, 0.3) is 0 Å². The lowest BCUT2D eigenvalue weighted by molar-refractivity contribution is -0.129. The molecule has 0 spiro atoms. The first kappa shape index (κ1) is 27.1. The van der Waals surface area contributed by atoms with Crippen LogP contribution in [0.5, 0.6) is 5.88 Å². The molecule has 0 aliphatic carbocycles. The van der Waals surface area contributed by atoms with E-state index in [1.807, 2.05) is 54.5 Å². The molecular formula is C21H34N2O3S. The van der Waals surface area contributed by atoms with E-state index in [0.29, 0.717) is 17.1 Å². The molecule has 1 aromatic heterocycles. The summed E-state index contributed by atoms with van der Waals surface area (Å²) in [6.07, 6.45) is 6.07. The van der Waals surface area contributed by atoms with Gasteiger partial charge in [0.1, 0.15) is 0 Å². The van der Waals surface area contributed by atoms with Crippen LogP contribution in [-0.4, -0.2) is 21.2 Å². The van der Waals surface area contributed by atoms with Crippen molar-refractivity contribution < 1.29 is 9.53 Å². The minimum atomic E-state index is -0.621. The van der Waals surface area contributed by atoms with Gasteiger partial charge in [0.05, 0.1) is 5.56 Å². The van der Waals surface area contributed by atoms with Crippen molar-refractivity contribution >= 4 is 17.7 Å². The van der Waals surface area contributed by atoms with Crippen molar-refractivity contribution in [2.45, 2.75) is 71.7 Å². The Bertz CT molecular complexity index is 678. The topological polar surface area (TPSA) is 72.0 Å². The molecule has 152 valence electrons. The average molecular weight is 395 g/mol. The summed E-state index contributed by atoms with van der Waals surface area (Å²) in [6.45, 7) is 20.6. The van der Waals surface area contributed by atoms with E-state index in [1.165, 1.54) is 17.3 Å². The van der Waals surface area contributed by atoms with Crippen molar-refractivity contribution in [1.29, 1.82) is 0 Å². The number of esters is 1. The molecule has 1 N–H and O–H groups in total. The van der Waals surface area contributed by atoms with E-state index in [-0.39, 0.29) is 16.7 Å². The van der Waals surface area contributed by atoms with E-state index >= 15 is 0 Å². The summed E-state index contributed by atoms with van der Waals surface area (Å²) in [4.78, 5) is 30.7. The average Bonchev–Trinajstić information content (AvgIpc) is 2.65. The van der Waals surface area contributed by atoms with Crippen molar-refractivity contribution in [2.24, 2.45) is 0 Å². The van der Waals surface area contributed by atoms with Crippen LogP contribution in [0.3, 0.4) is 0 Å². The Labute approximate surface area is 168 Å². The molecule has 0 saturated carbocycles. The molecule has 1 aromatic rings. The number of rotatable bonds is 7. The number of thioether (sulfide) groups is 1. The number of allylic oxidation sites excluding steroid dienone is 2. The number of H-pyrrole nitrogens is 1. The minimum Gasteiger partial charge on any atom is -0.404 e. The molecule has 0 radical (unpaired) electrons. The predicted octanol–water partition coefficient (Wildman–Crippen LogP) is 5.48. The summed E-state index contributed by atoms with van der Waals surface area (Å²) in [5, 5.41) is 0.596. The zero-order chi connectivity index (χ0) is 21.4. The van der Waals surface area contributed by atoms with Gasteiger partial charge in [-0.15, -0.1) is 6.58 Å². The Balaban J connectivity index is 0. The number of carbonyl (C=O) groups excluding carboxylic acids is 1. The van der Waals surface area contributed by atoms with Crippen LogP contribution >= 0.6 is 11.8 Å². The van der Waals surface area contributed by atoms with Gasteiger partial charge in [-0.05, 0) is 34.1 Å². The van der Waals surface area contributed by atoms with Gasteiger partial charge in [0.15, 0.2) is 5.16 Å². The summed E-state index contributed by atoms with van der Waals surface area (Å²) < 4.78 is 5.12. The van der Waals surface area contributed by atoms with Gasteiger partial charge in [-0.1, -0.05) is 63.3 Å². The fourth-order valence-corrected chi connectivity index (χ4v) is 2.64. The Kier molecular flexibility index (Phi) is 16.2. The van der Waals surface area contributed by atoms with E-state index < -0.39 is 5.97 Å². The Morgan fingerprint density at radius 2 is 1.89 bits per heavy atom. The number of aromatic amines is 1. The number of ether oxygens (including phenoxy) is 1. The third-order valence-corrected chi connectivity index (χ3v) is 4.35. The Hall–Kier alpha value is -2.08. The van der Waals surface area contributed by atoms with Gasteiger partial charge in [-0.2, -0.15) is 4.98 Å².